The van der Waals surface area contributed by atoms with Crippen molar-refractivity contribution in [1.29, 1.82) is 0 Å². The number of hydrogen-bond donors (Lipinski definition) is 3. The number of fused-ring (bicyclic) bond motifs is 4. The van der Waals surface area contributed by atoms with Crippen LogP contribution in [-0.4, -0.2) is 23.6 Å². The molecule has 9 nitrogen and oxygen atoms in total. The fourth-order valence-corrected chi connectivity index (χ4v) is 3.60. The van der Waals surface area contributed by atoms with E-state index in [0.717, 1.165) is 6.07 Å². The van der Waals surface area contributed by atoms with Crippen LogP contribution < -0.4 is 21.2 Å². The lowest BCUT2D eigenvalue weighted by Gasteiger charge is -2.33. The quantitative estimate of drug-likeness (QED) is 0.650. The van der Waals surface area contributed by atoms with Gasteiger partial charge in [-0.1, -0.05) is 18.2 Å². The van der Waals surface area contributed by atoms with Crippen LogP contribution in [0, 0.1) is 0 Å². The number of rotatable bonds is 3. The Bertz CT molecular complexity index is 1100. The molecule has 1 aromatic carbocycles. The van der Waals surface area contributed by atoms with Gasteiger partial charge in [-0.15, -0.1) is 0 Å². The largest absolute Gasteiger partial charge is 0.462 e. The van der Waals surface area contributed by atoms with Gasteiger partial charge in [0.2, 0.25) is 23.0 Å². The number of carbonyl (C=O) groups is 2. The number of para-hydroxylation sites is 1. The highest BCUT2D eigenvalue weighted by molar-refractivity contribution is 6.16. The van der Waals surface area contributed by atoms with Crippen LogP contribution >= 0.6 is 0 Å². The molecule has 4 rings (SSSR count). The van der Waals surface area contributed by atoms with Crippen molar-refractivity contribution in [2.45, 2.75) is 18.9 Å². The monoisotopic (exact) mass is 384 g/mol. The lowest BCUT2D eigenvalue weighted by Crippen LogP contribution is -2.47. The minimum Gasteiger partial charge on any atom is -0.462 e. The van der Waals surface area contributed by atoms with Crippen LogP contribution in [0.4, 0.5) is 5.69 Å². The molecule has 1 unspecified atom stereocenters. The number of amides is 1. The number of esters is 1. The number of hydrogen-bond acceptors (Lipinski definition) is 8. The molecule has 144 valence electrons. The third-order valence-corrected chi connectivity index (χ3v) is 4.68. The summed E-state index contributed by atoms with van der Waals surface area (Å²) in [6.45, 7) is 1.05. The number of aliphatic hydroxyl groups is 1. The molecular formula is C19H16N2O7. The van der Waals surface area contributed by atoms with Crippen molar-refractivity contribution < 1.29 is 28.6 Å². The average Bonchev–Trinajstić information content (AvgIpc) is 2.95. The molecule has 0 radical (unpaired) electrons. The molecule has 0 saturated carbocycles. The maximum Gasteiger partial charge on any atom is 0.341 e. The van der Waals surface area contributed by atoms with Crippen LogP contribution in [0.25, 0.3) is 0 Å². The van der Waals surface area contributed by atoms with Gasteiger partial charge in [0, 0.05) is 17.3 Å². The Morgan fingerprint density at radius 1 is 1.32 bits per heavy atom. The molecule has 28 heavy (non-hydrogen) atoms. The van der Waals surface area contributed by atoms with Crippen LogP contribution in [0.3, 0.4) is 0 Å². The van der Waals surface area contributed by atoms with Gasteiger partial charge >= 0.3 is 5.97 Å². The molecule has 1 atom stereocenters. The van der Waals surface area contributed by atoms with Crippen molar-refractivity contribution in [2.75, 3.05) is 11.9 Å². The van der Waals surface area contributed by atoms with E-state index >= 15 is 0 Å². The Labute approximate surface area is 158 Å². The predicted molar refractivity (Wildman–Crippen MR) is 95.2 cm³/mol. The third kappa shape index (κ3) is 2.20. The van der Waals surface area contributed by atoms with E-state index in [1.807, 2.05) is 0 Å². The van der Waals surface area contributed by atoms with Gasteiger partial charge in [0.15, 0.2) is 11.2 Å². The van der Waals surface area contributed by atoms with E-state index in [1.165, 1.54) is 0 Å². The summed E-state index contributed by atoms with van der Waals surface area (Å²) in [5.74, 6) is -2.61. The average molecular weight is 384 g/mol. The summed E-state index contributed by atoms with van der Waals surface area (Å²) in [5.41, 5.74) is 3.94. The Morgan fingerprint density at radius 2 is 2.07 bits per heavy atom. The van der Waals surface area contributed by atoms with Gasteiger partial charge in [-0.3, -0.25) is 9.59 Å². The minimum atomic E-state index is -1.88. The highest BCUT2D eigenvalue weighted by Gasteiger charge is 2.61. The molecule has 0 fully saturated rings. The molecule has 1 spiro atoms. The minimum absolute atomic E-state index is 0.0302. The summed E-state index contributed by atoms with van der Waals surface area (Å²) in [7, 11) is 0. The highest BCUT2D eigenvalue weighted by atomic mass is 16.5. The van der Waals surface area contributed by atoms with Crippen LogP contribution in [0.15, 0.2) is 51.0 Å². The molecule has 2 aliphatic heterocycles. The summed E-state index contributed by atoms with van der Waals surface area (Å²) >= 11 is 0. The first-order chi connectivity index (χ1) is 13.4. The first kappa shape index (κ1) is 17.8. The Hall–Kier alpha value is -3.59. The van der Waals surface area contributed by atoms with Gasteiger partial charge < -0.3 is 30.0 Å². The molecule has 0 saturated heterocycles. The molecular weight excluding hydrogens is 368 g/mol. The van der Waals surface area contributed by atoms with E-state index in [0.29, 0.717) is 11.3 Å². The molecule has 1 aromatic heterocycles. The molecule has 9 heteroatoms. The van der Waals surface area contributed by atoms with Crippen molar-refractivity contribution in [3.63, 3.8) is 0 Å². The van der Waals surface area contributed by atoms with Crippen molar-refractivity contribution in [2.24, 2.45) is 5.73 Å². The molecule has 2 aliphatic rings. The Morgan fingerprint density at radius 3 is 2.79 bits per heavy atom. The lowest BCUT2D eigenvalue weighted by molar-refractivity contribution is -0.141. The van der Waals surface area contributed by atoms with Gasteiger partial charge in [0.1, 0.15) is 17.9 Å². The van der Waals surface area contributed by atoms with E-state index in [4.69, 9.17) is 19.6 Å². The standard InChI is InChI=1S/C19H16N2O7/c1-2-26-17(24)13-16(20)28-14-12(23)7-9(8-22)27-15(14)19(13)10-5-3-4-6-11(10)21-18(19)25/h3-7,22H,2,8,20H2,1H3,(H,21,25). The first-order valence-corrected chi connectivity index (χ1v) is 8.49. The number of benzene rings is 1. The first-order valence-electron chi connectivity index (χ1n) is 8.49. The summed E-state index contributed by atoms with van der Waals surface area (Å²) in [6, 6.07) is 7.66. The molecule has 4 N–H and O–H groups in total. The van der Waals surface area contributed by atoms with E-state index < -0.39 is 35.2 Å². The van der Waals surface area contributed by atoms with E-state index in [1.54, 1.807) is 31.2 Å². The second kappa shape index (κ2) is 6.24. The van der Waals surface area contributed by atoms with Gasteiger partial charge in [-0.25, -0.2) is 4.79 Å². The van der Waals surface area contributed by atoms with Gasteiger partial charge in [-0.2, -0.15) is 0 Å². The molecule has 0 bridgehead atoms. The zero-order chi connectivity index (χ0) is 20.1. The summed E-state index contributed by atoms with van der Waals surface area (Å²) in [6.07, 6.45) is 0. The van der Waals surface area contributed by atoms with Crippen LogP contribution in [0.1, 0.15) is 24.0 Å². The van der Waals surface area contributed by atoms with Gasteiger partial charge in [0.25, 0.3) is 0 Å². The van der Waals surface area contributed by atoms with Gasteiger partial charge in [-0.05, 0) is 13.0 Å². The second-order valence-electron chi connectivity index (χ2n) is 6.20. The fraction of sp³-hybridized carbons (Fsp3) is 0.211. The SMILES string of the molecule is CCOC(=O)C1=C(N)Oc2c(oc(CO)cc2=O)C12C(=O)Nc1ccccc12. The zero-order valence-corrected chi connectivity index (χ0v) is 14.8. The van der Waals surface area contributed by atoms with Gasteiger partial charge in [0.05, 0.1) is 6.61 Å². The molecule has 1 amide bonds. The topological polar surface area (TPSA) is 141 Å². The van der Waals surface area contributed by atoms with E-state index in [2.05, 4.69) is 5.32 Å². The lowest BCUT2D eigenvalue weighted by atomic mass is 9.71. The zero-order valence-electron chi connectivity index (χ0n) is 14.8. The maximum atomic E-state index is 13.3. The van der Waals surface area contributed by atoms with Crippen molar-refractivity contribution >= 4 is 17.6 Å². The Balaban J connectivity index is 2.14. The maximum absolute atomic E-state index is 13.3. The van der Waals surface area contributed by atoms with Crippen LogP contribution in [0.2, 0.25) is 0 Å². The fourth-order valence-electron chi connectivity index (χ4n) is 3.60. The third-order valence-electron chi connectivity index (χ3n) is 4.68. The second-order valence-corrected chi connectivity index (χ2v) is 6.20. The van der Waals surface area contributed by atoms with Crippen molar-refractivity contribution in [3.05, 3.63) is 69.1 Å². The predicted octanol–water partition coefficient (Wildman–Crippen LogP) is 0.496. The van der Waals surface area contributed by atoms with E-state index in [9.17, 15) is 19.5 Å². The molecule has 2 aromatic rings. The summed E-state index contributed by atoms with van der Waals surface area (Å²) in [4.78, 5) is 38.6. The number of anilines is 1. The van der Waals surface area contributed by atoms with Crippen molar-refractivity contribution in [1.82, 2.24) is 0 Å². The highest BCUT2D eigenvalue weighted by Crippen LogP contribution is 2.52. The smallest absolute Gasteiger partial charge is 0.341 e. The number of nitrogens with one attached hydrogen (secondary N) is 1. The summed E-state index contributed by atoms with van der Waals surface area (Å²) < 4.78 is 16.1. The number of nitrogens with two attached hydrogens (primary N) is 1. The summed E-state index contributed by atoms with van der Waals surface area (Å²) in [5, 5.41) is 12.2. The molecule has 0 aliphatic carbocycles. The number of ether oxygens (including phenoxy) is 2. The van der Waals surface area contributed by atoms with E-state index in [-0.39, 0.29) is 29.4 Å². The number of carbonyl (C=O) groups excluding carboxylic acids is 2. The normalized spacial score (nSPS) is 19.7. The van der Waals surface area contributed by atoms with Crippen molar-refractivity contribution in [3.8, 4) is 5.75 Å². The van der Waals surface area contributed by atoms with Crippen LogP contribution in [0.5, 0.6) is 5.75 Å². The van der Waals surface area contributed by atoms with Crippen LogP contribution in [-0.2, 0) is 26.3 Å². The molecule has 3 heterocycles. The Kier molecular flexibility index (Phi) is 3.97. The number of aliphatic hydroxyl groups excluding tert-OH is 1.